The van der Waals surface area contributed by atoms with Gasteiger partial charge in [-0.3, -0.25) is 14.5 Å². The molecule has 4 aliphatic rings. The lowest BCUT2D eigenvalue weighted by atomic mass is 10.0. The highest BCUT2D eigenvalue weighted by atomic mass is 35.6. The number of nitrogens with one attached hydrogen (secondary N) is 1. The van der Waals surface area contributed by atoms with Crippen LogP contribution in [-0.2, 0) is 23.9 Å². The maximum absolute atomic E-state index is 13.1. The number of thioether (sulfide) groups is 1. The van der Waals surface area contributed by atoms with Crippen molar-refractivity contribution < 1.29 is 28.7 Å². The van der Waals surface area contributed by atoms with Crippen LogP contribution in [0.15, 0.2) is 30.3 Å². The van der Waals surface area contributed by atoms with Crippen LogP contribution in [0.3, 0.4) is 0 Å². The van der Waals surface area contributed by atoms with E-state index in [4.69, 9.17) is 44.3 Å². The normalized spacial score (nSPS) is 30.4. The minimum Gasteiger partial charge on any atom is -0.459 e. The number of fused-ring (bicyclic) bond motifs is 3. The van der Waals surface area contributed by atoms with E-state index >= 15 is 0 Å². The summed E-state index contributed by atoms with van der Waals surface area (Å²) in [5.74, 6) is -1.20. The number of nitrogens with zero attached hydrogens (tertiary/aromatic N) is 2. The molecular formula is C24H26Cl3N3O6S. The zero-order chi connectivity index (χ0) is 26.8. The summed E-state index contributed by atoms with van der Waals surface area (Å²) in [4.78, 5) is 54.7. The minimum absolute atomic E-state index is 0.247. The first-order valence-electron chi connectivity index (χ1n) is 11.9. The minimum atomic E-state index is -1.76. The Labute approximate surface area is 233 Å². The summed E-state index contributed by atoms with van der Waals surface area (Å²) in [5.41, 5.74) is -0.637. The SMILES string of the molecule is CC(OC(=O)N(CC(=O)NC1C(=O)N2[C@H]1SC1(C)CC21C(=O)OCC(Cl)(Cl)Cl)c1ccccc1)C1CC1. The van der Waals surface area contributed by atoms with Crippen molar-refractivity contribution in [1.29, 1.82) is 0 Å². The average molecular weight is 591 g/mol. The zero-order valence-corrected chi connectivity index (χ0v) is 23.2. The lowest BCUT2D eigenvalue weighted by molar-refractivity contribution is -0.166. The summed E-state index contributed by atoms with van der Waals surface area (Å²) in [6.45, 7) is 2.95. The molecule has 13 heteroatoms. The Morgan fingerprint density at radius 2 is 1.92 bits per heavy atom. The number of ether oxygens (including phenoxy) is 2. The number of anilines is 1. The van der Waals surface area contributed by atoms with Gasteiger partial charge >= 0.3 is 12.1 Å². The van der Waals surface area contributed by atoms with Crippen molar-refractivity contribution in [2.75, 3.05) is 18.1 Å². The number of halogens is 3. The van der Waals surface area contributed by atoms with Gasteiger partial charge in [-0.2, -0.15) is 0 Å². The maximum Gasteiger partial charge on any atom is 0.415 e. The molecule has 0 bridgehead atoms. The van der Waals surface area contributed by atoms with Gasteiger partial charge < -0.3 is 19.7 Å². The van der Waals surface area contributed by atoms with Crippen LogP contribution in [0.1, 0.15) is 33.1 Å². The van der Waals surface area contributed by atoms with Gasteiger partial charge in [-0.25, -0.2) is 9.59 Å². The molecule has 4 fully saturated rings. The van der Waals surface area contributed by atoms with Crippen LogP contribution in [-0.4, -0.2) is 73.5 Å². The van der Waals surface area contributed by atoms with Gasteiger partial charge in [0.1, 0.15) is 30.7 Å². The molecule has 1 N–H and O–H groups in total. The van der Waals surface area contributed by atoms with Crippen molar-refractivity contribution in [1.82, 2.24) is 10.2 Å². The highest BCUT2D eigenvalue weighted by Gasteiger charge is 2.85. The van der Waals surface area contributed by atoms with Crippen molar-refractivity contribution in [3.8, 4) is 0 Å². The summed E-state index contributed by atoms with van der Waals surface area (Å²) < 4.78 is 8.48. The predicted octanol–water partition coefficient (Wildman–Crippen LogP) is 3.64. The van der Waals surface area contributed by atoms with Crippen molar-refractivity contribution in [3.05, 3.63) is 30.3 Å². The first-order chi connectivity index (χ1) is 17.4. The van der Waals surface area contributed by atoms with E-state index in [1.807, 2.05) is 13.8 Å². The molecule has 0 radical (unpaired) electrons. The summed E-state index contributed by atoms with van der Waals surface area (Å²) in [5, 5.41) is 2.29. The highest BCUT2D eigenvalue weighted by molar-refractivity contribution is 8.02. The fourth-order valence-electron chi connectivity index (χ4n) is 5.08. The van der Waals surface area contributed by atoms with Crippen LogP contribution in [0, 0.1) is 5.92 Å². The molecule has 0 aromatic heterocycles. The third-order valence-electron chi connectivity index (χ3n) is 7.36. The smallest absolute Gasteiger partial charge is 0.415 e. The summed E-state index contributed by atoms with van der Waals surface area (Å²) >= 11 is 18.5. The quantitative estimate of drug-likeness (QED) is 0.280. The molecule has 3 amide bonds. The first kappa shape index (κ1) is 26.7. The number of β-lactam (4-membered cyclic amide) rings is 1. The Morgan fingerprint density at radius 3 is 2.54 bits per heavy atom. The molecular weight excluding hydrogens is 565 g/mol. The van der Waals surface area contributed by atoms with Crippen LogP contribution >= 0.6 is 46.6 Å². The Hall–Kier alpha value is -1.88. The Balaban J connectivity index is 1.23. The van der Waals surface area contributed by atoms with Crippen molar-refractivity contribution in [2.45, 2.75) is 64.7 Å². The highest BCUT2D eigenvalue weighted by Crippen LogP contribution is 2.72. The van der Waals surface area contributed by atoms with Crippen LogP contribution < -0.4 is 10.2 Å². The Bertz CT molecular complexity index is 1130. The van der Waals surface area contributed by atoms with Crippen LogP contribution in [0.2, 0.25) is 0 Å². The number of hydrogen-bond acceptors (Lipinski definition) is 7. The molecule has 2 aliphatic heterocycles. The number of rotatable bonds is 8. The molecule has 37 heavy (non-hydrogen) atoms. The lowest BCUT2D eigenvalue weighted by Gasteiger charge is -2.46. The zero-order valence-electron chi connectivity index (χ0n) is 20.1. The number of amides is 3. The largest absolute Gasteiger partial charge is 0.459 e. The number of carbonyl (C=O) groups excluding carboxylic acids is 4. The van der Waals surface area contributed by atoms with E-state index in [1.54, 1.807) is 30.3 Å². The molecule has 5 rings (SSSR count). The molecule has 2 saturated carbocycles. The fraction of sp³-hybridized carbons (Fsp3) is 0.583. The number of para-hydroxylation sites is 1. The van der Waals surface area contributed by atoms with Crippen LogP contribution in [0.25, 0.3) is 0 Å². The third kappa shape index (κ3) is 4.86. The van der Waals surface area contributed by atoms with E-state index in [0.717, 1.165) is 12.8 Å². The third-order valence-corrected chi connectivity index (χ3v) is 9.42. The fourth-order valence-corrected chi connectivity index (χ4v) is 7.16. The van der Waals surface area contributed by atoms with Gasteiger partial charge in [-0.05, 0) is 44.7 Å². The second kappa shape index (κ2) is 9.39. The second-order valence-electron chi connectivity index (χ2n) is 10.1. The van der Waals surface area contributed by atoms with Gasteiger partial charge in [-0.1, -0.05) is 53.0 Å². The molecule has 2 saturated heterocycles. The van der Waals surface area contributed by atoms with Gasteiger partial charge in [-0.15, -0.1) is 11.8 Å². The topological polar surface area (TPSA) is 105 Å². The lowest BCUT2D eigenvalue weighted by Crippen LogP contribution is -2.72. The van der Waals surface area contributed by atoms with E-state index in [2.05, 4.69) is 5.32 Å². The van der Waals surface area contributed by atoms with E-state index in [-0.39, 0.29) is 12.6 Å². The first-order valence-corrected chi connectivity index (χ1v) is 14.0. The molecule has 1 aromatic rings. The molecule has 200 valence electrons. The molecule has 4 unspecified atom stereocenters. The molecule has 2 heterocycles. The van der Waals surface area contributed by atoms with Crippen molar-refractivity contribution >= 4 is 76.1 Å². The Kier molecular flexibility index (Phi) is 6.78. The maximum atomic E-state index is 13.1. The van der Waals surface area contributed by atoms with Gasteiger partial charge in [0.25, 0.3) is 0 Å². The number of alkyl halides is 3. The van der Waals surface area contributed by atoms with E-state index in [0.29, 0.717) is 18.0 Å². The predicted molar refractivity (Wildman–Crippen MR) is 140 cm³/mol. The molecule has 5 atom stereocenters. The number of carbonyl (C=O) groups is 4. The summed E-state index contributed by atoms with van der Waals surface area (Å²) in [6, 6.07) is 7.90. The molecule has 2 aliphatic carbocycles. The number of hydrogen-bond donors (Lipinski definition) is 1. The van der Waals surface area contributed by atoms with Gasteiger partial charge in [0, 0.05) is 12.1 Å². The molecule has 1 aromatic carbocycles. The van der Waals surface area contributed by atoms with Crippen LogP contribution in [0.5, 0.6) is 0 Å². The second-order valence-corrected chi connectivity index (χ2v) is 14.2. The number of esters is 1. The van der Waals surface area contributed by atoms with E-state index < -0.39 is 56.0 Å². The Morgan fingerprint density at radius 1 is 1.24 bits per heavy atom. The van der Waals surface area contributed by atoms with Gasteiger partial charge in [0.05, 0.1) is 4.75 Å². The molecule has 9 nitrogen and oxygen atoms in total. The van der Waals surface area contributed by atoms with Gasteiger partial charge in [0.15, 0.2) is 5.54 Å². The van der Waals surface area contributed by atoms with Crippen LogP contribution in [0.4, 0.5) is 10.5 Å². The average Bonchev–Trinajstić information content (AvgIpc) is 3.76. The monoisotopic (exact) mass is 589 g/mol. The summed E-state index contributed by atoms with van der Waals surface area (Å²) in [6.07, 6.45) is 1.57. The van der Waals surface area contributed by atoms with Gasteiger partial charge in [0.2, 0.25) is 15.6 Å². The van der Waals surface area contributed by atoms with E-state index in [9.17, 15) is 19.2 Å². The van der Waals surface area contributed by atoms with E-state index in [1.165, 1.54) is 21.6 Å². The standard InChI is InChI=1S/C24H26Cl3N3O6S/c1-13(14-8-9-14)36-21(34)29(15-6-4-3-5-7-15)10-16(31)28-17-18(32)30-19(17)37-22(2)11-23(22,30)20(33)35-12-24(25,26)27/h3-7,13-14,17,19H,8-12H2,1-2H3,(H,28,31)/t13?,17?,19-,22?,23?/m0/s1. The number of benzene rings is 1. The summed E-state index contributed by atoms with van der Waals surface area (Å²) in [7, 11) is 0. The van der Waals surface area contributed by atoms with Crippen molar-refractivity contribution in [2.24, 2.45) is 5.92 Å². The van der Waals surface area contributed by atoms with Crippen molar-refractivity contribution in [3.63, 3.8) is 0 Å². The molecule has 0 spiro atoms.